The van der Waals surface area contributed by atoms with E-state index in [4.69, 9.17) is 4.74 Å². The molecular weight excluding hydrogens is 330 g/mol. The van der Waals surface area contributed by atoms with Crippen molar-refractivity contribution < 1.29 is 13.2 Å². The van der Waals surface area contributed by atoms with Gasteiger partial charge < -0.3 is 4.74 Å². The zero-order chi connectivity index (χ0) is 13.9. The van der Waals surface area contributed by atoms with E-state index in [1.54, 1.807) is 4.31 Å². The lowest BCUT2D eigenvalue weighted by Crippen LogP contribution is -2.46. The van der Waals surface area contributed by atoms with E-state index in [2.05, 4.69) is 15.9 Å². The van der Waals surface area contributed by atoms with E-state index < -0.39 is 10.0 Å². The first-order valence-corrected chi connectivity index (χ1v) is 8.97. The lowest BCUT2D eigenvalue weighted by Gasteiger charge is -2.33. The molecule has 1 atom stereocenters. The average molecular weight is 348 g/mol. The average Bonchev–Trinajstić information content (AvgIpc) is 2.37. The number of hydrogen-bond acceptors (Lipinski definition) is 3. The Kier molecular flexibility index (Phi) is 4.86. The van der Waals surface area contributed by atoms with Gasteiger partial charge in [0.1, 0.15) is 12.4 Å². The fourth-order valence-electron chi connectivity index (χ4n) is 2.33. The standard InChI is InChI=1S/C13H18BrNO3S/c1-19(16,17)15-9-5-4-6-11(15)10-18-13-8-3-2-7-12(13)14/h2-3,7-8,11H,4-6,9-10H2,1H3. The monoisotopic (exact) mass is 347 g/mol. The number of sulfonamides is 1. The number of halogens is 1. The highest BCUT2D eigenvalue weighted by molar-refractivity contribution is 9.10. The van der Waals surface area contributed by atoms with Crippen molar-refractivity contribution in [1.29, 1.82) is 0 Å². The molecule has 0 radical (unpaired) electrons. The highest BCUT2D eigenvalue weighted by Gasteiger charge is 2.29. The van der Waals surface area contributed by atoms with Crippen LogP contribution in [0.4, 0.5) is 0 Å². The second-order valence-corrected chi connectivity index (χ2v) is 7.55. The number of para-hydroxylation sites is 1. The maximum Gasteiger partial charge on any atom is 0.211 e. The van der Waals surface area contributed by atoms with E-state index in [-0.39, 0.29) is 6.04 Å². The van der Waals surface area contributed by atoms with E-state index in [1.165, 1.54) is 6.26 Å². The van der Waals surface area contributed by atoms with Gasteiger partial charge in [-0.2, -0.15) is 4.31 Å². The van der Waals surface area contributed by atoms with E-state index in [0.29, 0.717) is 13.2 Å². The van der Waals surface area contributed by atoms with Crippen LogP contribution in [-0.2, 0) is 10.0 Å². The van der Waals surface area contributed by atoms with Crippen LogP contribution in [0.1, 0.15) is 19.3 Å². The molecule has 2 rings (SSSR count). The van der Waals surface area contributed by atoms with Crippen LogP contribution in [-0.4, -0.2) is 38.2 Å². The molecule has 1 fully saturated rings. The molecule has 0 bridgehead atoms. The quantitative estimate of drug-likeness (QED) is 0.840. The maximum absolute atomic E-state index is 11.7. The Balaban J connectivity index is 2.03. The Morgan fingerprint density at radius 3 is 2.79 bits per heavy atom. The molecule has 1 aromatic carbocycles. The highest BCUT2D eigenvalue weighted by Crippen LogP contribution is 2.26. The number of benzene rings is 1. The SMILES string of the molecule is CS(=O)(=O)N1CCCCC1COc1ccccc1Br. The van der Waals surface area contributed by atoms with Gasteiger partial charge in [-0.3, -0.25) is 0 Å². The van der Waals surface area contributed by atoms with Crippen LogP contribution in [0.25, 0.3) is 0 Å². The van der Waals surface area contributed by atoms with Gasteiger partial charge in [0.25, 0.3) is 0 Å². The Labute approximate surface area is 122 Å². The molecule has 4 nitrogen and oxygen atoms in total. The van der Waals surface area contributed by atoms with Crippen molar-refractivity contribution in [2.75, 3.05) is 19.4 Å². The molecule has 19 heavy (non-hydrogen) atoms. The highest BCUT2D eigenvalue weighted by atomic mass is 79.9. The van der Waals surface area contributed by atoms with E-state index in [1.807, 2.05) is 24.3 Å². The molecule has 1 aromatic rings. The molecule has 0 N–H and O–H groups in total. The Morgan fingerprint density at radius 2 is 2.11 bits per heavy atom. The summed E-state index contributed by atoms with van der Waals surface area (Å²) in [5.74, 6) is 0.751. The molecule has 0 spiro atoms. The third kappa shape index (κ3) is 3.94. The minimum absolute atomic E-state index is 0.0594. The smallest absolute Gasteiger partial charge is 0.211 e. The second kappa shape index (κ2) is 6.24. The van der Waals surface area contributed by atoms with Crippen molar-refractivity contribution >= 4 is 26.0 Å². The number of piperidine rings is 1. The normalized spacial score (nSPS) is 21.3. The van der Waals surface area contributed by atoms with Gasteiger partial charge in [-0.15, -0.1) is 0 Å². The summed E-state index contributed by atoms with van der Waals surface area (Å²) in [6, 6.07) is 7.54. The fraction of sp³-hybridized carbons (Fsp3) is 0.538. The first kappa shape index (κ1) is 14.8. The van der Waals surface area contributed by atoms with E-state index in [9.17, 15) is 8.42 Å². The van der Waals surface area contributed by atoms with Gasteiger partial charge in [0.05, 0.1) is 16.8 Å². The Hall–Kier alpha value is -0.590. The molecule has 1 saturated heterocycles. The predicted octanol–water partition coefficient (Wildman–Crippen LogP) is 2.64. The third-order valence-electron chi connectivity index (χ3n) is 3.27. The molecule has 0 aromatic heterocycles. The molecule has 1 heterocycles. The fourth-order valence-corrected chi connectivity index (χ4v) is 3.89. The lowest BCUT2D eigenvalue weighted by molar-refractivity contribution is 0.169. The first-order chi connectivity index (χ1) is 8.98. The van der Waals surface area contributed by atoms with Gasteiger partial charge >= 0.3 is 0 Å². The van der Waals surface area contributed by atoms with Gasteiger partial charge in [0.15, 0.2) is 0 Å². The number of ether oxygens (including phenoxy) is 1. The van der Waals surface area contributed by atoms with Crippen molar-refractivity contribution in [3.05, 3.63) is 28.7 Å². The summed E-state index contributed by atoms with van der Waals surface area (Å²) >= 11 is 3.42. The summed E-state index contributed by atoms with van der Waals surface area (Å²) < 4.78 is 31.7. The second-order valence-electron chi connectivity index (χ2n) is 4.76. The van der Waals surface area contributed by atoms with Gasteiger partial charge in [-0.1, -0.05) is 18.6 Å². The lowest BCUT2D eigenvalue weighted by atomic mass is 10.1. The predicted molar refractivity (Wildman–Crippen MR) is 78.8 cm³/mol. The van der Waals surface area contributed by atoms with Gasteiger partial charge in [-0.25, -0.2) is 8.42 Å². The van der Waals surface area contributed by atoms with Gasteiger partial charge in [0, 0.05) is 6.54 Å². The molecule has 6 heteroatoms. The number of rotatable bonds is 4. The van der Waals surface area contributed by atoms with Gasteiger partial charge in [0.2, 0.25) is 10.0 Å². The van der Waals surface area contributed by atoms with E-state index in [0.717, 1.165) is 29.5 Å². The topological polar surface area (TPSA) is 46.6 Å². The van der Waals surface area contributed by atoms with Crippen molar-refractivity contribution in [3.8, 4) is 5.75 Å². The zero-order valence-electron chi connectivity index (χ0n) is 10.9. The third-order valence-corrected chi connectivity index (χ3v) is 5.25. The van der Waals surface area contributed by atoms with Crippen LogP contribution in [0.5, 0.6) is 5.75 Å². The molecule has 1 unspecified atom stereocenters. The molecular formula is C13H18BrNO3S. The summed E-state index contributed by atoms with van der Waals surface area (Å²) in [5, 5.41) is 0. The van der Waals surface area contributed by atoms with Crippen LogP contribution in [0.3, 0.4) is 0 Å². The van der Waals surface area contributed by atoms with Crippen LogP contribution in [0, 0.1) is 0 Å². The van der Waals surface area contributed by atoms with Crippen molar-refractivity contribution in [2.24, 2.45) is 0 Å². The largest absolute Gasteiger partial charge is 0.491 e. The van der Waals surface area contributed by atoms with Crippen LogP contribution in [0.15, 0.2) is 28.7 Å². The van der Waals surface area contributed by atoms with E-state index >= 15 is 0 Å². The van der Waals surface area contributed by atoms with Gasteiger partial charge in [-0.05, 0) is 40.9 Å². The van der Waals surface area contributed by atoms with Crippen LogP contribution >= 0.6 is 15.9 Å². The minimum Gasteiger partial charge on any atom is -0.491 e. The molecule has 0 saturated carbocycles. The molecule has 1 aliphatic rings. The van der Waals surface area contributed by atoms with Crippen LogP contribution < -0.4 is 4.74 Å². The summed E-state index contributed by atoms with van der Waals surface area (Å²) in [4.78, 5) is 0. The van der Waals surface area contributed by atoms with Crippen LogP contribution in [0.2, 0.25) is 0 Å². The molecule has 1 aliphatic heterocycles. The summed E-state index contributed by atoms with van der Waals surface area (Å²) in [6.07, 6.45) is 4.11. The number of hydrogen-bond donors (Lipinski definition) is 0. The first-order valence-electron chi connectivity index (χ1n) is 6.32. The molecule has 106 valence electrons. The Bertz CT molecular complexity index is 532. The number of nitrogens with zero attached hydrogens (tertiary/aromatic N) is 1. The molecule has 0 amide bonds. The zero-order valence-corrected chi connectivity index (χ0v) is 13.3. The molecule has 0 aliphatic carbocycles. The van der Waals surface area contributed by atoms with Crippen molar-refractivity contribution in [2.45, 2.75) is 25.3 Å². The summed E-state index contributed by atoms with van der Waals surface area (Å²) in [7, 11) is -3.15. The van der Waals surface area contributed by atoms with Crippen molar-refractivity contribution in [1.82, 2.24) is 4.31 Å². The Morgan fingerprint density at radius 1 is 1.37 bits per heavy atom. The maximum atomic E-state index is 11.7. The van der Waals surface area contributed by atoms with Crippen molar-refractivity contribution in [3.63, 3.8) is 0 Å². The minimum atomic E-state index is -3.15. The summed E-state index contributed by atoms with van der Waals surface area (Å²) in [5.41, 5.74) is 0. The summed E-state index contributed by atoms with van der Waals surface area (Å²) in [6.45, 7) is 0.999.